The first-order valence-corrected chi connectivity index (χ1v) is 12.0. The highest BCUT2D eigenvalue weighted by Gasteiger charge is 2.22. The fraction of sp³-hybridized carbons (Fsp3) is 0.0714. The van der Waals surface area contributed by atoms with Gasteiger partial charge in [-0.25, -0.2) is 4.99 Å². The molecule has 6 heteroatoms. The minimum absolute atomic E-state index is 0.0921. The summed E-state index contributed by atoms with van der Waals surface area (Å²) in [4.78, 5) is 19.1. The number of aromatic nitrogens is 1. The minimum Gasteiger partial charge on any atom is -0.489 e. The Balaban J connectivity index is 1.70. The van der Waals surface area contributed by atoms with Crippen molar-refractivity contribution in [1.82, 2.24) is 4.57 Å². The summed E-state index contributed by atoms with van der Waals surface area (Å²) >= 11 is 7.50. The number of rotatable bonds is 6. The molecule has 0 bridgehead atoms. The van der Waals surface area contributed by atoms with Crippen LogP contribution in [0.2, 0.25) is 5.02 Å². The van der Waals surface area contributed by atoms with Crippen LogP contribution in [0.25, 0.3) is 11.8 Å². The van der Waals surface area contributed by atoms with Gasteiger partial charge < -0.3 is 4.74 Å². The summed E-state index contributed by atoms with van der Waals surface area (Å²) in [6.07, 6.45) is 5.60. The fourth-order valence-electron chi connectivity index (χ4n) is 3.87. The van der Waals surface area contributed by atoms with Gasteiger partial charge in [-0.05, 0) is 41.5 Å². The van der Waals surface area contributed by atoms with E-state index in [0.29, 0.717) is 26.7 Å². The van der Waals surface area contributed by atoms with Crippen molar-refractivity contribution in [2.45, 2.75) is 6.04 Å². The Hall–Kier alpha value is -3.67. The second kappa shape index (κ2) is 9.67. The van der Waals surface area contributed by atoms with E-state index in [2.05, 4.69) is 6.58 Å². The fourth-order valence-corrected chi connectivity index (χ4v) is 5.00. The summed E-state index contributed by atoms with van der Waals surface area (Å²) in [6.45, 7) is 4.10. The third-order valence-electron chi connectivity index (χ3n) is 5.49. The van der Waals surface area contributed by atoms with Crippen LogP contribution in [0.3, 0.4) is 0 Å². The van der Waals surface area contributed by atoms with Gasteiger partial charge in [0.15, 0.2) is 4.80 Å². The Morgan fingerprint density at radius 2 is 1.76 bits per heavy atom. The zero-order valence-corrected chi connectivity index (χ0v) is 19.8. The molecule has 0 amide bonds. The highest BCUT2D eigenvalue weighted by atomic mass is 35.5. The zero-order chi connectivity index (χ0) is 23.5. The van der Waals surface area contributed by atoms with E-state index in [9.17, 15) is 4.79 Å². The number of ether oxygens (including phenoxy) is 1. The second-order valence-electron chi connectivity index (χ2n) is 7.73. The van der Waals surface area contributed by atoms with Crippen LogP contribution in [0.1, 0.15) is 22.7 Å². The number of hydrogen-bond acceptors (Lipinski definition) is 4. The molecule has 1 aliphatic heterocycles. The molecule has 1 atom stereocenters. The number of halogens is 1. The van der Waals surface area contributed by atoms with E-state index in [0.717, 1.165) is 22.4 Å². The average molecular weight is 485 g/mol. The van der Waals surface area contributed by atoms with Gasteiger partial charge in [0.1, 0.15) is 12.4 Å². The van der Waals surface area contributed by atoms with Crippen LogP contribution in [0.4, 0.5) is 0 Å². The van der Waals surface area contributed by atoms with Crippen LogP contribution in [0, 0.1) is 0 Å². The number of hydrogen-bond donors (Lipinski definition) is 0. The topological polar surface area (TPSA) is 43.6 Å². The number of para-hydroxylation sites is 1. The molecule has 4 nitrogen and oxygen atoms in total. The molecular weight excluding hydrogens is 464 g/mol. The lowest BCUT2D eigenvalue weighted by molar-refractivity contribution is 0.362. The molecule has 1 unspecified atom stereocenters. The van der Waals surface area contributed by atoms with Crippen molar-refractivity contribution in [3.05, 3.63) is 139 Å². The second-order valence-corrected chi connectivity index (χ2v) is 9.18. The van der Waals surface area contributed by atoms with Gasteiger partial charge in [-0.3, -0.25) is 9.36 Å². The Labute approximate surface area is 206 Å². The summed E-state index contributed by atoms with van der Waals surface area (Å²) in [5.74, 6) is 0.701. The molecule has 5 rings (SSSR count). The summed E-state index contributed by atoms with van der Waals surface area (Å²) in [5.41, 5.74) is 3.55. The number of thiazole rings is 1. The lowest BCUT2D eigenvalue weighted by atomic mass is 10.0. The Kier molecular flexibility index (Phi) is 6.30. The zero-order valence-electron chi connectivity index (χ0n) is 18.2. The van der Waals surface area contributed by atoms with Gasteiger partial charge in [-0.1, -0.05) is 96.3 Å². The molecule has 2 heterocycles. The first kappa shape index (κ1) is 22.1. The quantitative estimate of drug-likeness (QED) is 0.352. The van der Waals surface area contributed by atoms with Crippen molar-refractivity contribution in [3.63, 3.8) is 0 Å². The van der Waals surface area contributed by atoms with E-state index in [1.54, 1.807) is 10.6 Å². The molecule has 0 aliphatic carbocycles. The molecule has 0 spiro atoms. The normalized spacial score (nSPS) is 15.3. The van der Waals surface area contributed by atoms with E-state index in [1.165, 1.54) is 11.3 Å². The third-order valence-corrected chi connectivity index (χ3v) is 6.73. The molecule has 0 saturated carbocycles. The first-order valence-electron chi connectivity index (χ1n) is 10.8. The number of nitrogens with zero attached hydrogens (tertiary/aromatic N) is 2. The molecule has 0 N–H and O–H groups in total. The molecule has 0 fully saturated rings. The number of fused-ring (bicyclic) bond motifs is 1. The monoisotopic (exact) mass is 484 g/mol. The van der Waals surface area contributed by atoms with Crippen molar-refractivity contribution in [3.8, 4) is 5.75 Å². The molecule has 34 heavy (non-hydrogen) atoms. The molecule has 3 aromatic carbocycles. The van der Waals surface area contributed by atoms with Crippen molar-refractivity contribution >= 4 is 34.7 Å². The number of benzene rings is 3. The Morgan fingerprint density at radius 1 is 1.03 bits per heavy atom. The Morgan fingerprint density at radius 3 is 2.53 bits per heavy atom. The van der Waals surface area contributed by atoms with Crippen molar-refractivity contribution < 1.29 is 4.74 Å². The van der Waals surface area contributed by atoms with Crippen LogP contribution < -0.4 is 19.6 Å². The van der Waals surface area contributed by atoms with E-state index in [-0.39, 0.29) is 11.6 Å². The van der Waals surface area contributed by atoms with Gasteiger partial charge in [0.05, 0.1) is 16.3 Å². The SMILES string of the molecule is C=CCOc1ccccc1C=c1sc2n(c1=O)C(c1ccc(Cl)cc1)C=C(c1ccccc1)N=2. The van der Waals surface area contributed by atoms with Crippen LogP contribution in [-0.4, -0.2) is 11.2 Å². The van der Waals surface area contributed by atoms with E-state index in [1.807, 2.05) is 91.0 Å². The molecule has 0 radical (unpaired) electrons. The maximum absolute atomic E-state index is 13.6. The molecule has 168 valence electrons. The molecule has 0 saturated heterocycles. The lowest BCUT2D eigenvalue weighted by Crippen LogP contribution is -2.36. The minimum atomic E-state index is -0.293. The van der Waals surface area contributed by atoms with Crippen molar-refractivity contribution in [1.29, 1.82) is 0 Å². The summed E-state index contributed by atoms with van der Waals surface area (Å²) in [5, 5.41) is 0.652. The van der Waals surface area contributed by atoms with E-state index in [4.69, 9.17) is 21.3 Å². The van der Waals surface area contributed by atoms with Gasteiger partial charge in [-0.2, -0.15) is 0 Å². The van der Waals surface area contributed by atoms with Gasteiger partial charge in [0.25, 0.3) is 5.56 Å². The van der Waals surface area contributed by atoms with Crippen molar-refractivity contribution in [2.75, 3.05) is 6.61 Å². The van der Waals surface area contributed by atoms with Crippen LogP contribution in [0.15, 0.2) is 107 Å². The molecule has 1 aliphatic rings. The van der Waals surface area contributed by atoms with E-state index < -0.39 is 0 Å². The van der Waals surface area contributed by atoms with Crippen LogP contribution in [-0.2, 0) is 0 Å². The average Bonchev–Trinajstić information content (AvgIpc) is 3.19. The lowest BCUT2D eigenvalue weighted by Gasteiger charge is -2.19. The standard InChI is InChI=1S/C28H21ClN2O2S/c1-2-16-33-25-11-7-6-10-21(25)17-26-27(32)31-24(20-12-14-22(29)15-13-20)18-23(30-28(31)34-26)19-8-4-3-5-9-19/h2-15,17-18,24H,1,16H2. The van der Waals surface area contributed by atoms with Gasteiger partial charge in [-0.15, -0.1) is 0 Å². The van der Waals surface area contributed by atoms with Crippen LogP contribution >= 0.6 is 22.9 Å². The maximum Gasteiger partial charge on any atom is 0.271 e. The van der Waals surface area contributed by atoms with Gasteiger partial charge >= 0.3 is 0 Å². The maximum atomic E-state index is 13.6. The molecular formula is C28H21ClN2O2S. The smallest absolute Gasteiger partial charge is 0.271 e. The summed E-state index contributed by atoms with van der Waals surface area (Å²) < 4.78 is 8.12. The van der Waals surface area contributed by atoms with Crippen molar-refractivity contribution in [2.24, 2.45) is 4.99 Å². The Bertz CT molecular complexity index is 1550. The van der Waals surface area contributed by atoms with Crippen LogP contribution in [0.5, 0.6) is 5.75 Å². The highest BCUT2D eigenvalue weighted by Crippen LogP contribution is 2.27. The number of allylic oxidation sites excluding steroid dienone is 1. The molecule has 4 aromatic rings. The third kappa shape index (κ3) is 4.40. The molecule has 1 aromatic heterocycles. The first-order chi connectivity index (χ1) is 16.6. The predicted molar refractivity (Wildman–Crippen MR) is 139 cm³/mol. The van der Waals surface area contributed by atoms with Gasteiger partial charge in [0.2, 0.25) is 0 Å². The predicted octanol–water partition coefficient (Wildman–Crippen LogP) is 5.22. The van der Waals surface area contributed by atoms with Gasteiger partial charge in [0, 0.05) is 10.6 Å². The highest BCUT2D eigenvalue weighted by molar-refractivity contribution is 7.07. The largest absolute Gasteiger partial charge is 0.489 e. The summed E-state index contributed by atoms with van der Waals surface area (Å²) in [6, 6.07) is 24.9. The summed E-state index contributed by atoms with van der Waals surface area (Å²) in [7, 11) is 0. The van der Waals surface area contributed by atoms with E-state index >= 15 is 0 Å².